The Morgan fingerprint density at radius 1 is 1.28 bits per heavy atom. The van der Waals surface area contributed by atoms with Crippen LogP contribution in [0.1, 0.15) is 11.8 Å². The van der Waals surface area contributed by atoms with E-state index < -0.39 is 0 Å². The lowest BCUT2D eigenvalue weighted by Gasteiger charge is -2.07. The zero-order chi connectivity index (χ0) is 12.8. The number of hydrogen-bond donors (Lipinski definition) is 2. The first kappa shape index (κ1) is 12.5. The van der Waals surface area contributed by atoms with Crippen molar-refractivity contribution < 1.29 is 4.74 Å². The molecule has 0 radical (unpaired) electrons. The van der Waals surface area contributed by atoms with Gasteiger partial charge in [0, 0.05) is 18.1 Å². The average molecular weight is 266 g/mol. The number of anilines is 2. The molecule has 0 atom stereocenters. The molecule has 8 heteroatoms. The number of nitrogens with zero attached hydrogens (tertiary/aromatic N) is 4. The predicted molar refractivity (Wildman–Crippen MR) is 70.0 cm³/mol. The van der Waals surface area contributed by atoms with Crippen molar-refractivity contribution in [3.05, 3.63) is 16.6 Å². The van der Waals surface area contributed by atoms with Gasteiger partial charge in [-0.15, -0.1) is 11.3 Å². The summed E-state index contributed by atoms with van der Waals surface area (Å²) in [5.74, 6) is 0.950. The first-order valence-corrected chi connectivity index (χ1v) is 6.37. The minimum atomic E-state index is 0.309. The lowest BCUT2D eigenvalue weighted by molar-refractivity contribution is 0.312. The van der Waals surface area contributed by atoms with Gasteiger partial charge in [0.25, 0.3) is 0 Å². The number of thiazole rings is 1. The van der Waals surface area contributed by atoms with Crippen LogP contribution < -0.4 is 15.4 Å². The molecule has 0 saturated heterocycles. The normalized spacial score (nSPS) is 10.1. The molecule has 0 aliphatic rings. The van der Waals surface area contributed by atoms with Crippen molar-refractivity contribution in [1.29, 1.82) is 0 Å². The molecule has 2 rings (SSSR count). The fourth-order valence-corrected chi connectivity index (χ4v) is 1.77. The Kier molecular flexibility index (Phi) is 4.24. The Bertz CT molecular complexity index is 489. The molecule has 0 aliphatic carbocycles. The van der Waals surface area contributed by atoms with Gasteiger partial charge in [0.15, 0.2) is 0 Å². The number of hydrogen-bond acceptors (Lipinski definition) is 8. The van der Waals surface area contributed by atoms with Crippen LogP contribution in [-0.2, 0) is 6.54 Å². The maximum atomic E-state index is 5.27. The molecule has 0 unspecified atom stereocenters. The van der Waals surface area contributed by atoms with Crippen molar-refractivity contribution in [2.75, 3.05) is 24.3 Å². The molecule has 0 bridgehead atoms. The second-order valence-electron chi connectivity index (χ2n) is 3.27. The van der Waals surface area contributed by atoms with Crippen LogP contribution >= 0.6 is 11.3 Å². The Morgan fingerprint density at radius 2 is 2.11 bits per heavy atom. The zero-order valence-electron chi connectivity index (χ0n) is 10.2. The van der Waals surface area contributed by atoms with Crippen molar-refractivity contribution in [3.63, 3.8) is 0 Å². The fraction of sp³-hybridized carbons (Fsp3) is 0.400. The second kappa shape index (κ2) is 6.10. The van der Waals surface area contributed by atoms with Gasteiger partial charge in [-0.25, -0.2) is 0 Å². The van der Waals surface area contributed by atoms with Gasteiger partial charge in [-0.05, 0) is 6.92 Å². The number of ether oxygens (including phenoxy) is 1. The summed E-state index contributed by atoms with van der Waals surface area (Å²) in [4.78, 5) is 17.5. The summed E-state index contributed by atoms with van der Waals surface area (Å²) < 4.78 is 5.27. The summed E-state index contributed by atoms with van der Waals surface area (Å²) in [6.07, 6.45) is 1.81. The van der Waals surface area contributed by atoms with E-state index in [-0.39, 0.29) is 0 Å². The summed E-state index contributed by atoms with van der Waals surface area (Å²) in [5, 5.41) is 5.98. The van der Waals surface area contributed by atoms with Crippen molar-refractivity contribution >= 4 is 23.2 Å². The standard InChI is InChI=1S/C10H14N6OS/c1-3-17-10-15-8(11-2)14-9(16-10)13-5-7-4-12-6-18-7/h4,6H,3,5H2,1-2H3,(H2,11,13,14,15,16). The fourth-order valence-electron chi connectivity index (χ4n) is 1.24. The minimum Gasteiger partial charge on any atom is -0.464 e. The highest BCUT2D eigenvalue weighted by Gasteiger charge is 2.06. The van der Waals surface area contributed by atoms with Gasteiger partial charge >= 0.3 is 6.01 Å². The highest BCUT2D eigenvalue weighted by atomic mass is 32.1. The third kappa shape index (κ3) is 3.27. The van der Waals surface area contributed by atoms with E-state index in [0.29, 0.717) is 31.1 Å². The quantitative estimate of drug-likeness (QED) is 0.817. The van der Waals surface area contributed by atoms with Crippen LogP contribution in [0.4, 0.5) is 11.9 Å². The summed E-state index contributed by atoms with van der Waals surface area (Å²) in [6, 6.07) is 0.309. The van der Waals surface area contributed by atoms with E-state index >= 15 is 0 Å². The molecular weight excluding hydrogens is 252 g/mol. The molecule has 0 aliphatic heterocycles. The van der Waals surface area contributed by atoms with E-state index in [1.54, 1.807) is 30.1 Å². The average Bonchev–Trinajstić information content (AvgIpc) is 2.89. The van der Waals surface area contributed by atoms with Crippen molar-refractivity contribution in [2.24, 2.45) is 0 Å². The molecule has 2 N–H and O–H groups in total. The molecule has 2 heterocycles. The van der Waals surface area contributed by atoms with Gasteiger partial charge < -0.3 is 15.4 Å². The van der Waals surface area contributed by atoms with Crippen LogP contribution in [0.15, 0.2) is 11.7 Å². The first-order chi connectivity index (χ1) is 8.81. The van der Waals surface area contributed by atoms with Crippen LogP contribution in [-0.4, -0.2) is 33.6 Å². The maximum absolute atomic E-state index is 5.27. The highest BCUT2D eigenvalue weighted by molar-refractivity contribution is 7.09. The van der Waals surface area contributed by atoms with Crippen molar-refractivity contribution in [1.82, 2.24) is 19.9 Å². The molecule has 2 aromatic heterocycles. The molecule has 7 nitrogen and oxygen atoms in total. The smallest absolute Gasteiger partial charge is 0.323 e. The lowest BCUT2D eigenvalue weighted by Crippen LogP contribution is -2.08. The molecule has 0 saturated carbocycles. The van der Waals surface area contributed by atoms with E-state index in [1.807, 2.05) is 6.92 Å². The minimum absolute atomic E-state index is 0.309. The maximum Gasteiger partial charge on any atom is 0.323 e. The molecule has 0 spiro atoms. The van der Waals surface area contributed by atoms with Gasteiger partial charge in [-0.2, -0.15) is 15.0 Å². The molecule has 2 aromatic rings. The van der Waals surface area contributed by atoms with Crippen LogP contribution in [0.3, 0.4) is 0 Å². The van der Waals surface area contributed by atoms with Crippen LogP contribution in [0.2, 0.25) is 0 Å². The molecule has 0 amide bonds. The van der Waals surface area contributed by atoms with Crippen molar-refractivity contribution in [2.45, 2.75) is 13.5 Å². The number of aromatic nitrogens is 4. The second-order valence-corrected chi connectivity index (χ2v) is 4.24. The third-order valence-electron chi connectivity index (χ3n) is 2.02. The van der Waals surface area contributed by atoms with Gasteiger partial charge in [0.1, 0.15) is 0 Å². The summed E-state index contributed by atoms with van der Waals surface area (Å²) in [7, 11) is 1.75. The number of nitrogens with one attached hydrogen (secondary N) is 2. The monoisotopic (exact) mass is 266 g/mol. The van der Waals surface area contributed by atoms with E-state index in [9.17, 15) is 0 Å². The third-order valence-corrected chi connectivity index (χ3v) is 2.80. The molecule has 0 aromatic carbocycles. The summed E-state index contributed by atoms with van der Waals surface area (Å²) in [6.45, 7) is 3.03. The first-order valence-electron chi connectivity index (χ1n) is 5.49. The van der Waals surface area contributed by atoms with E-state index in [1.165, 1.54) is 0 Å². The Balaban J connectivity index is 2.08. The SMILES string of the molecule is CCOc1nc(NC)nc(NCc2cncs2)n1. The topological polar surface area (TPSA) is 84.9 Å². The van der Waals surface area contributed by atoms with Gasteiger partial charge in [0.05, 0.1) is 18.7 Å². The van der Waals surface area contributed by atoms with Crippen LogP contribution in [0.5, 0.6) is 6.01 Å². The van der Waals surface area contributed by atoms with Gasteiger partial charge in [0.2, 0.25) is 11.9 Å². The summed E-state index contributed by atoms with van der Waals surface area (Å²) in [5.41, 5.74) is 1.79. The molecule has 18 heavy (non-hydrogen) atoms. The Hall–Kier alpha value is -1.96. The van der Waals surface area contributed by atoms with Gasteiger partial charge in [-0.3, -0.25) is 4.98 Å². The van der Waals surface area contributed by atoms with Crippen molar-refractivity contribution in [3.8, 4) is 6.01 Å². The van der Waals surface area contributed by atoms with E-state index in [4.69, 9.17) is 4.74 Å². The number of rotatable bonds is 6. The summed E-state index contributed by atoms with van der Waals surface area (Å²) >= 11 is 1.57. The zero-order valence-corrected chi connectivity index (χ0v) is 11.0. The van der Waals surface area contributed by atoms with Gasteiger partial charge in [-0.1, -0.05) is 0 Å². The molecule has 0 fully saturated rings. The largest absolute Gasteiger partial charge is 0.464 e. The van der Waals surface area contributed by atoms with Crippen LogP contribution in [0, 0.1) is 0 Å². The molecular formula is C10H14N6OS. The Labute approximate surface area is 109 Å². The highest BCUT2D eigenvalue weighted by Crippen LogP contribution is 2.13. The predicted octanol–water partition coefficient (Wildman–Crippen LogP) is 1.38. The van der Waals surface area contributed by atoms with E-state index in [2.05, 4.69) is 30.6 Å². The lowest BCUT2D eigenvalue weighted by atomic mass is 10.5. The van der Waals surface area contributed by atoms with E-state index in [0.717, 1.165) is 4.88 Å². The molecule has 96 valence electrons. The Morgan fingerprint density at radius 3 is 2.78 bits per heavy atom. The van der Waals surface area contributed by atoms with Crippen LogP contribution in [0.25, 0.3) is 0 Å².